The number of rotatable bonds is 9. The largest absolute Gasteiger partial charge is 0.493 e. The molecule has 19 heavy (non-hydrogen) atoms. The highest BCUT2D eigenvalue weighted by atomic mass is 16.5. The zero-order chi connectivity index (χ0) is 14.1. The van der Waals surface area contributed by atoms with Gasteiger partial charge in [0.25, 0.3) is 0 Å². The summed E-state index contributed by atoms with van der Waals surface area (Å²) in [5.41, 5.74) is 3.92. The number of hydrogen-bond acceptors (Lipinski definition) is 4. The average Bonchev–Trinajstić information content (AvgIpc) is 2.46. The summed E-state index contributed by atoms with van der Waals surface area (Å²) in [6.45, 7) is 7.57. The molecule has 3 N–H and O–H groups in total. The maximum absolute atomic E-state index is 5.79. The minimum absolute atomic E-state index is 0.0429. The fourth-order valence-electron chi connectivity index (χ4n) is 2.14. The molecule has 0 aliphatic rings. The lowest BCUT2D eigenvalue weighted by atomic mass is 9.99. The summed E-state index contributed by atoms with van der Waals surface area (Å²) in [6.07, 6.45) is 1.92. The first-order chi connectivity index (χ1) is 9.28. The van der Waals surface area contributed by atoms with E-state index in [2.05, 4.69) is 19.3 Å². The van der Waals surface area contributed by atoms with Crippen molar-refractivity contribution in [2.45, 2.75) is 45.8 Å². The number of ether oxygens (including phenoxy) is 2. The van der Waals surface area contributed by atoms with Gasteiger partial charge in [0.2, 0.25) is 0 Å². The van der Waals surface area contributed by atoms with Crippen LogP contribution in [0.15, 0.2) is 24.3 Å². The van der Waals surface area contributed by atoms with Crippen LogP contribution in [0.3, 0.4) is 0 Å². The number of hydrazine groups is 1. The summed E-state index contributed by atoms with van der Waals surface area (Å²) < 4.78 is 11.6. The quantitative estimate of drug-likeness (QED) is 0.533. The van der Waals surface area contributed by atoms with Crippen molar-refractivity contribution in [1.82, 2.24) is 5.43 Å². The summed E-state index contributed by atoms with van der Waals surface area (Å²) in [7, 11) is 0. The van der Waals surface area contributed by atoms with Crippen LogP contribution in [0.2, 0.25) is 0 Å². The van der Waals surface area contributed by atoms with E-state index >= 15 is 0 Å². The van der Waals surface area contributed by atoms with Gasteiger partial charge in [-0.15, -0.1) is 0 Å². The molecule has 0 amide bonds. The molecule has 0 saturated heterocycles. The monoisotopic (exact) mass is 266 g/mol. The molecule has 0 aliphatic carbocycles. The maximum Gasteiger partial charge on any atom is 0.124 e. The van der Waals surface area contributed by atoms with E-state index in [9.17, 15) is 0 Å². The average molecular weight is 266 g/mol. The third-order valence-electron chi connectivity index (χ3n) is 3.05. The number of benzene rings is 1. The van der Waals surface area contributed by atoms with Crippen LogP contribution in [-0.2, 0) is 4.74 Å². The van der Waals surface area contributed by atoms with E-state index in [1.807, 2.05) is 31.2 Å². The second-order valence-corrected chi connectivity index (χ2v) is 4.43. The van der Waals surface area contributed by atoms with Crippen molar-refractivity contribution >= 4 is 0 Å². The summed E-state index contributed by atoms with van der Waals surface area (Å²) in [4.78, 5) is 0. The lowest BCUT2D eigenvalue weighted by Gasteiger charge is -2.27. The molecule has 2 atom stereocenters. The van der Waals surface area contributed by atoms with Gasteiger partial charge in [-0.2, -0.15) is 0 Å². The van der Waals surface area contributed by atoms with Crippen LogP contribution >= 0.6 is 0 Å². The third-order valence-corrected chi connectivity index (χ3v) is 3.05. The van der Waals surface area contributed by atoms with E-state index in [1.54, 1.807) is 0 Å². The predicted molar refractivity (Wildman–Crippen MR) is 78.0 cm³/mol. The molecule has 0 aliphatic heterocycles. The fraction of sp³-hybridized carbons (Fsp3) is 0.600. The molecular formula is C15H26N2O2. The van der Waals surface area contributed by atoms with Crippen molar-refractivity contribution in [2.75, 3.05) is 13.2 Å². The van der Waals surface area contributed by atoms with Gasteiger partial charge in [-0.05, 0) is 25.8 Å². The smallest absolute Gasteiger partial charge is 0.124 e. The molecule has 4 nitrogen and oxygen atoms in total. The Bertz CT molecular complexity index is 358. The minimum atomic E-state index is -0.0574. The number of para-hydroxylation sites is 1. The lowest BCUT2D eigenvalue weighted by molar-refractivity contribution is 0.0306. The minimum Gasteiger partial charge on any atom is -0.493 e. The molecule has 1 aromatic rings. The van der Waals surface area contributed by atoms with Crippen LogP contribution in [0.4, 0.5) is 0 Å². The number of nitrogens with two attached hydrogens (primary N) is 1. The van der Waals surface area contributed by atoms with Gasteiger partial charge < -0.3 is 9.47 Å². The van der Waals surface area contributed by atoms with Crippen molar-refractivity contribution in [3.63, 3.8) is 0 Å². The van der Waals surface area contributed by atoms with Gasteiger partial charge in [-0.25, -0.2) is 0 Å². The summed E-state index contributed by atoms with van der Waals surface area (Å²) in [6, 6.07) is 7.93. The molecule has 0 aromatic heterocycles. The Labute approximate surface area is 116 Å². The normalized spacial score (nSPS) is 14.1. The van der Waals surface area contributed by atoms with Crippen molar-refractivity contribution in [1.29, 1.82) is 0 Å². The molecular weight excluding hydrogens is 240 g/mol. The van der Waals surface area contributed by atoms with Crippen LogP contribution in [0, 0.1) is 0 Å². The molecule has 0 bridgehead atoms. The van der Waals surface area contributed by atoms with Crippen LogP contribution in [0.1, 0.15) is 45.2 Å². The first kappa shape index (κ1) is 16.0. The van der Waals surface area contributed by atoms with Gasteiger partial charge in [0.1, 0.15) is 5.75 Å². The van der Waals surface area contributed by atoms with Gasteiger partial charge in [-0.1, -0.05) is 32.0 Å². The van der Waals surface area contributed by atoms with Crippen molar-refractivity contribution < 1.29 is 9.47 Å². The Morgan fingerprint density at radius 1 is 1.21 bits per heavy atom. The molecule has 0 fully saturated rings. The van der Waals surface area contributed by atoms with Crippen molar-refractivity contribution in [3.8, 4) is 5.75 Å². The fourth-order valence-corrected chi connectivity index (χ4v) is 2.14. The van der Waals surface area contributed by atoms with E-state index in [0.717, 1.165) is 24.2 Å². The third kappa shape index (κ3) is 4.49. The highest BCUT2D eigenvalue weighted by Gasteiger charge is 2.23. The van der Waals surface area contributed by atoms with Crippen LogP contribution in [0.25, 0.3) is 0 Å². The van der Waals surface area contributed by atoms with Crippen LogP contribution in [0.5, 0.6) is 5.75 Å². The molecule has 0 spiro atoms. The first-order valence-electron chi connectivity index (χ1n) is 7.07. The van der Waals surface area contributed by atoms with E-state index in [0.29, 0.717) is 13.2 Å². The first-order valence-corrected chi connectivity index (χ1v) is 7.07. The van der Waals surface area contributed by atoms with Crippen molar-refractivity contribution in [2.24, 2.45) is 5.84 Å². The van der Waals surface area contributed by atoms with E-state index in [4.69, 9.17) is 15.3 Å². The molecule has 0 saturated carbocycles. The summed E-state index contributed by atoms with van der Waals surface area (Å²) in [5, 5.41) is 0. The Balaban J connectivity index is 2.95. The number of hydrogen-bond donors (Lipinski definition) is 2. The molecule has 1 aromatic carbocycles. The lowest BCUT2D eigenvalue weighted by Crippen LogP contribution is -2.38. The zero-order valence-corrected chi connectivity index (χ0v) is 12.2. The molecule has 4 heteroatoms. The maximum atomic E-state index is 5.79. The highest BCUT2D eigenvalue weighted by molar-refractivity contribution is 5.36. The van der Waals surface area contributed by atoms with E-state index in [-0.39, 0.29) is 12.1 Å². The molecule has 108 valence electrons. The van der Waals surface area contributed by atoms with E-state index < -0.39 is 0 Å². The van der Waals surface area contributed by atoms with Gasteiger partial charge >= 0.3 is 0 Å². The predicted octanol–water partition coefficient (Wildman–Crippen LogP) is 2.79. The van der Waals surface area contributed by atoms with Crippen LogP contribution < -0.4 is 16.0 Å². The molecule has 0 radical (unpaired) electrons. The summed E-state index contributed by atoms with van der Waals surface area (Å²) >= 11 is 0. The topological polar surface area (TPSA) is 56.5 Å². The Hall–Kier alpha value is -1.10. The Morgan fingerprint density at radius 2 is 1.95 bits per heavy atom. The standard InChI is InChI=1S/C15H26N2O2/c1-4-11-19-14-10-8-7-9-12(14)15(17-16)13(5-2)18-6-3/h7-10,13,15,17H,4-6,11,16H2,1-3H3. The van der Waals surface area contributed by atoms with E-state index in [1.165, 1.54) is 0 Å². The zero-order valence-electron chi connectivity index (χ0n) is 12.2. The van der Waals surface area contributed by atoms with Gasteiger partial charge in [0, 0.05) is 12.2 Å². The molecule has 2 unspecified atom stereocenters. The second-order valence-electron chi connectivity index (χ2n) is 4.43. The number of nitrogens with one attached hydrogen (secondary N) is 1. The van der Waals surface area contributed by atoms with Gasteiger partial charge in [0.05, 0.1) is 18.8 Å². The van der Waals surface area contributed by atoms with Crippen LogP contribution in [-0.4, -0.2) is 19.3 Å². The van der Waals surface area contributed by atoms with Gasteiger partial charge in [0.15, 0.2) is 0 Å². The molecule has 1 rings (SSSR count). The highest BCUT2D eigenvalue weighted by Crippen LogP contribution is 2.29. The van der Waals surface area contributed by atoms with Gasteiger partial charge in [-0.3, -0.25) is 11.3 Å². The second kappa shape index (κ2) is 8.91. The SMILES string of the molecule is CCCOc1ccccc1C(NN)C(CC)OCC. The summed E-state index contributed by atoms with van der Waals surface area (Å²) in [5.74, 6) is 6.60. The molecule has 0 heterocycles. The Kier molecular flexibility index (Phi) is 7.48. The Morgan fingerprint density at radius 3 is 2.53 bits per heavy atom. The van der Waals surface area contributed by atoms with Crippen molar-refractivity contribution in [3.05, 3.63) is 29.8 Å².